The molecular formula is C7H15ClO2S2. The van der Waals surface area contributed by atoms with Crippen LogP contribution in [-0.2, 0) is 0 Å². The third kappa shape index (κ3) is 7.55. The molecule has 0 spiro atoms. The average Bonchev–Trinajstić information content (AvgIpc) is 2.11. The van der Waals surface area contributed by atoms with Gasteiger partial charge in [-0.15, -0.1) is 11.6 Å². The van der Waals surface area contributed by atoms with Gasteiger partial charge < -0.3 is 10.2 Å². The second kappa shape index (κ2) is 9.99. The largest absolute Gasteiger partial charge is 0.396 e. The summed E-state index contributed by atoms with van der Waals surface area (Å²) in [5.74, 6) is 3.20. The first-order valence-corrected chi connectivity index (χ1v) is 6.56. The van der Waals surface area contributed by atoms with E-state index in [2.05, 4.69) is 0 Å². The second-order valence-corrected chi connectivity index (χ2v) is 5.10. The Hall–Kier alpha value is 0.910. The summed E-state index contributed by atoms with van der Waals surface area (Å²) < 4.78 is 0. The standard InChI is InChI=1S/C7H15ClO2S2/c8-1-3-11-6-7(5-10)12-4-2-9/h7,9-10H,1-6H2. The average molecular weight is 231 g/mol. The van der Waals surface area contributed by atoms with Crippen molar-refractivity contribution in [3.63, 3.8) is 0 Å². The first kappa shape index (κ1) is 12.9. The van der Waals surface area contributed by atoms with Crippen molar-refractivity contribution in [2.24, 2.45) is 0 Å². The van der Waals surface area contributed by atoms with Crippen LogP contribution >= 0.6 is 35.1 Å². The van der Waals surface area contributed by atoms with Crippen LogP contribution in [0.4, 0.5) is 0 Å². The van der Waals surface area contributed by atoms with Gasteiger partial charge in [0.15, 0.2) is 0 Å². The first-order valence-electron chi connectivity index (χ1n) is 3.82. The lowest BCUT2D eigenvalue weighted by molar-refractivity contribution is 0.300. The van der Waals surface area contributed by atoms with Crippen molar-refractivity contribution in [1.29, 1.82) is 0 Å². The molecule has 1 unspecified atom stereocenters. The van der Waals surface area contributed by atoms with Crippen molar-refractivity contribution < 1.29 is 10.2 Å². The van der Waals surface area contributed by atoms with E-state index in [1.165, 1.54) is 0 Å². The van der Waals surface area contributed by atoms with Gasteiger partial charge >= 0.3 is 0 Å². The molecule has 0 bridgehead atoms. The zero-order valence-corrected chi connectivity index (χ0v) is 9.30. The van der Waals surface area contributed by atoms with Crippen LogP contribution in [0, 0.1) is 0 Å². The van der Waals surface area contributed by atoms with E-state index in [-0.39, 0.29) is 18.5 Å². The van der Waals surface area contributed by atoms with Crippen LogP contribution in [0.3, 0.4) is 0 Å². The number of alkyl halides is 1. The zero-order valence-electron chi connectivity index (χ0n) is 6.91. The monoisotopic (exact) mass is 230 g/mol. The molecule has 0 aliphatic carbocycles. The summed E-state index contributed by atoms with van der Waals surface area (Å²) in [7, 11) is 0. The molecule has 1 atom stereocenters. The summed E-state index contributed by atoms with van der Waals surface area (Å²) in [6.07, 6.45) is 0. The summed E-state index contributed by atoms with van der Waals surface area (Å²) in [5.41, 5.74) is 0. The number of thioether (sulfide) groups is 2. The normalized spacial score (nSPS) is 13.2. The minimum absolute atomic E-state index is 0.181. The lowest BCUT2D eigenvalue weighted by atomic mass is 10.5. The van der Waals surface area contributed by atoms with Gasteiger partial charge in [0.25, 0.3) is 0 Å². The van der Waals surface area contributed by atoms with E-state index in [4.69, 9.17) is 21.8 Å². The van der Waals surface area contributed by atoms with E-state index in [0.717, 1.165) is 11.5 Å². The van der Waals surface area contributed by atoms with Gasteiger partial charge in [-0.3, -0.25) is 0 Å². The molecule has 0 saturated heterocycles. The summed E-state index contributed by atoms with van der Waals surface area (Å²) >= 11 is 8.85. The topological polar surface area (TPSA) is 40.5 Å². The molecule has 12 heavy (non-hydrogen) atoms. The smallest absolute Gasteiger partial charge is 0.0558 e. The Balaban J connectivity index is 3.26. The fraction of sp³-hybridized carbons (Fsp3) is 1.00. The molecule has 0 rings (SSSR count). The highest BCUT2D eigenvalue weighted by Crippen LogP contribution is 2.15. The lowest BCUT2D eigenvalue weighted by Gasteiger charge is -2.11. The quantitative estimate of drug-likeness (QED) is 0.483. The third-order valence-electron chi connectivity index (χ3n) is 1.17. The van der Waals surface area contributed by atoms with E-state index in [1.54, 1.807) is 23.5 Å². The molecule has 0 aromatic carbocycles. The maximum Gasteiger partial charge on any atom is 0.0558 e. The van der Waals surface area contributed by atoms with E-state index in [0.29, 0.717) is 11.6 Å². The number of aliphatic hydroxyl groups is 2. The summed E-state index contributed by atoms with van der Waals surface area (Å²) in [6, 6.07) is 0. The zero-order chi connectivity index (χ0) is 9.23. The van der Waals surface area contributed by atoms with Crippen molar-refractivity contribution in [2.75, 3.05) is 36.4 Å². The molecule has 2 nitrogen and oxygen atoms in total. The van der Waals surface area contributed by atoms with Crippen LogP contribution in [0.25, 0.3) is 0 Å². The Kier molecular flexibility index (Phi) is 10.8. The van der Waals surface area contributed by atoms with Gasteiger partial charge in [0.1, 0.15) is 0 Å². The summed E-state index contributed by atoms with van der Waals surface area (Å²) in [4.78, 5) is 0. The maximum atomic E-state index is 8.90. The van der Waals surface area contributed by atoms with Crippen LogP contribution in [0.5, 0.6) is 0 Å². The van der Waals surface area contributed by atoms with Crippen LogP contribution in [0.1, 0.15) is 0 Å². The van der Waals surface area contributed by atoms with E-state index < -0.39 is 0 Å². The van der Waals surface area contributed by atoms with Crippen molar-refractivity contribution >= 4 is 35.1 Å². The fourth-order valence-corrected chi connectivity index (χ4v) is 2.83. The molecule has 0 amide bonds. The molecule has 0 aliphatic heterocycles. The maximum absolute atomic E-state index is 8.90. The highest BCUT2D eigenvalue weighted by Gasteiger charge is 2.06. The van der Waals surface area contributed by atoms with E-state index >= 15 is 0 Å². The van der Waals surface area contributed by atoms with Crippen LogP contribution in [-0.4, -0.2) is 51.8 Å². The molecule has 2 N–H and O–H groups in total. The molecule has 0 fully saturated rings. The Bertz CT molecular complexity index is 95.5. The molecule has 0 aromatic rings. The Labute approximate surface area is 87.1 Å². The predicted octanol–water partition coefficient (Wildman–Crippen LogP) is 1.04. The highest BCUT2D eigenvalue weighted by molar-refractivity contribution is 8.03. The van der Waals surface area contributed by atoms with Crippen LogP contribution < -0.4 is 0 Å². The van der Waals surface area contributed by atoms with Gasteiger partial charge in [-0.05, 0) is 0 Å². The molecule has 74 valence electrons. The SMILES string of the molecule is OCCSC(CO)CSCCCl. The van der Waals surface area contributed by atoms with Gasteiger partial charge in [-0.1, -0.05) is 0 Å². The van der Waals surface area contributed by atoms with Crippen LogP contribution in [0.2, 0.25) is 0 Å². The minimum atomic E-state index is 0.181. The predicted molar refractivity (Wildman–Crippen MR) is 58.5 cm³/mol. The molecule has 0 aromatic heterocycles. The first-order chi connectivity index (χ1) is 5.85. The number of aliphatic hydroxyl groups excluding tert-OH is 2. The Morgan fingerprint density at radius 3 is 2.50 bits per heavy atom. The number of hydrogen-bond acceptors (Lipinski definition) is 4. The van der Waals surface area contributed by atoms with Gasteiger partial charge in [-0.25, -0.2) is 0 Å². The van der Waals surface area contributed by atoms with Gasteiger partial charge in [0, 0.05) is 28.4 Å². The van der Waals surface area contributed by atoms with Crippen molar-refractivity contribution in [2.45, 2.75) is 5.25 Å². The number of halogens is 1. The number of hydrogen-bond donors (Lipinski definition) is 2. The van der Waals surface area contributed by atoms with Crippen molar-refractivity contribution in [3.05, 3.63) is 0 Å². The molecule has 0 heterocycles. The summed E-state index contributed by atoms with van der Waals surface area (Å²) in [5, 5.41) is 17.7. The van der Waals surface area contributed by atoms with E-state index in [1.807, 2.05) is 0 Å². The van der Waals surface area contributed by atoms with Crippen LogP contribution in [0.15, 0.2) is 0 Å². The molecule has 5 heteroatoms. The van der Waals surface area contributed by atoms with Gasteiger partial charge in [0.05, 0.1) is 13.2 Å². The molecule has 0 radical (unpaired) electrons. The van der Waals surface area contributed by atoms with Crippen molar-refractivity contribution in [3.8, 4) is 0 Å². The van der Waals surface area contributed by atoms with Gasteiger partial charge in [0.2, 0.25) is 0 Å². The minimum Gasteiger partial charge on any atom is -0.396 e. The van der Waals surface area contributed by atoms with Gasteiger partial charge in [-0.2, -0.15) is 23.5 Å². The molecule has 0 saturated carbocycles. The highest BCUT2D eigenvalue weighted by atomic mass is 35.5. The third-order valence-corrected chi connectivity index (χ3v) is 4.13. The summed E-state index contributed by atoms with van der Waals surface area (Å²) in [6.45, 7) is 0.362. The van der Waals surface area contributed by atoms with E-state index in [9.17, 15) is 0 Å². The fourth-order valence-electron chi connectivity index (χ4n) is 0.642. The Morgan fingerprint density at radius 2 is 2.00 bits per heavy atom. The molecular weight excluding hydrogens is 216 g/mol. The molecule has 0 aliphatic rings. The lowest BCUT2D eigenvalue weighted by Crippen LogP contribution is -2.13. The number of rotatable bonds is 8. The Morgan fingerprint density at radius 1 is 1.25 bits per heavy atom. The van der Waals surface area contributed by atoms with Crippen molar-refractivity contribution in [1.82, 2.24) is 0 Å². The second-order valence-electron chi connectivity index (χ2n) is 2.16.